The predicted octanol–water partition coefficient (Wildman–Crippen LogP) is 3.77. The molecule has 1 aliphatic carbocycles. The standard InChI is InChI=1S/C15H20Br2N2O/c1-18(2)15(5-4-6-15)10-19(3)14(20)11-7-12(16)9-13(17)8-11/h7-9H,4-6,10H2,1-3H3. The molecule has 0 heterocycles. The van der Waals surface area contributed by atoms with Crippen LogP contribution in [0.1, 0.15) is 29.6 Å². The Hall–Kier alpha value is -0.390. The van der Waals surface area contributed by atoms with Gasteiger partial charge < -0.3 is 9.80 Å². The van der Waals surface area contributed by atoms with Crippen molar-refractivity contribution in [3.05, 3.63) is 32.7 Å². The molecule has 0 atom stereocenters. The van der Waals surface area contributed by atoms with Gasteiger partial charge in [-0.05, 0) is 51.6 Å². The lowest BCUT2D eigenvalue weighted by Crippen LogP contribution is -2.57. The molecule has 3 nitrogen and oxygen atoms in total. The lowest BCUT2D eigenvalue weighted by Gasteiger charge is -2.49. The van der Waals surface area contributed by atoms with Crippen molar-refractivity contribution >= 4 is 37.8 Å². The zero-order chi connectivity index (χ0) is 14.9. The molecule has 1 aromatic rings. The molecule has 0 spiro atoms. The molecule has 0 saturated heterocycles. The molecule has 1 aromatic carbocycles. The Labute approximate surface area is 137 Å². The molecule has 1 fully saturated rings. The van der Waals surface area contributed by atoms with E-state index in [-0.39, 0.29) is 11.4 Å². The van der Waals surface area contributed by atoms with Gasteiger partial charge in [-0.3, -0.25) is 4.79 Å². The van der Waals surface area contributed by atoms with Crippen LogP contribution in [0.3, 0.4) is 0 Å². The summed E-state index contributed by atoms with van der Waals surface area (Å²) in [5, 5.41) is 0. The first-order chi connectivity index (χ1) is 9.34. The van der Waals surface area contributed by atoms with E-state index in [1.165, 1.54) is 19.3 Å². The summed E-state index contributed by atoms with van der Waals surface area (Å²) in [4.78, 5) is 16.7. The fourth-order valence-corrected chi connectivity index (χ4v) is 4.04. The maximum atomic E-state index is 12.6. The Morgan fingerprint density at radius 3 is 2.10 bits per heavy atom. The Morgan fingerprint density at radius 1 is 1.15 bits per heavy atom. The highest BCUT2D eigenvalue weighted by atomic mass is 79.9. The van der Waals surface area contributed by atoms with Crippen LogP contribution in [0.2, 0.25) is 0 Å². The number of amides is 1. The number of carbonyl (C=O) groups is 1. The summed E-state index contributed by atoms with van der Waals surface area (Å²) in [5.41, 5.74) is 0.871. The van der Waals surface area contributed by atoms with Crippen LogP contribution in [0.25, 0.3) is 0 Å². The molecule has 0 radical (unpaired) electrons. The molecule has 110 valence electrons. The maximum Gasteiger partial charge on any atom is 0.253 e. The maximum absolute atomic E-state index is 12.6. The molecular weight excluding hydrogens is 384 g/mol. The second-order valence-corrected chi connectivity index (χ2v) is 7.62. The second-order valence-electron chi connectivity index (χ2n) is 5.79. The molecule has 0 unspecified atom stereocenters. The van der Waals surface area contributed by atoms with Crippen molar-refractivity contribution < 1.29 is 4.79 Å². The van der Waals surface area contributed by atoms with Gasteiger partial charge in [0, 0.05) is 33.6 Å². The summed E-state index contributed by atoms with van der Waals surface area (Å²) in [6, 6.07) is 5.67. The molecule has 1 aliphatic rings. The topological polar surface area (TPSA) is 23.6 Å². The number of rotatable bonds is 4. The van der Waals surface area contributed by atoms with Gasteiger partial charge in [0.05, 0.1) is 0 Å². The first kappa shape index (κ1) is 16.0. The summed E-state index contributed by atoms with van der Waals surface area (Å²) >= 11 is 6.86. The van der Waals surface area contributed by atoms with Crippen molar-refractivity contribution in [2.45, 2.75) is 24.8 Å². The van der Waals surface area contributed by atoms with Crippen LogP contribution in [-0.2, 0) is 0 Å². The number of hydrogen-bond donors (Lipinski definition) is 0. The highest BCUT2D eigenvalue weighted by Gasteiger charge is 2.40. The Bertz CT molecular complexity index is 492. The average Bonchev–Trinajstić information content (AvgIpc) is 2.30. The molecule has 1 saturated carbocycles. The van der Waals surface area contributed by atoms with Gasteiger partial charge >= 0.3 is 0 Å². The van der Waals surface area contributed by atoms with Crippen molar-refractivity contribution in [3.8, 4) is 0 Å². The lowest BCUT2D eigenvalue weighted by molar-refractivity contribution is 0.0252. The SMILES string of the molecule is CN(CC1(N(C)C)CCC1)C(=O)c1cc(Br)cc(Br)c1. The molecule has 0 aliphatic heterocycles. The van der Waals surface area contributed by atoms with E-state index in [9.17, 15) is 4.79 Å². The van der Waals surface area contributed by atoms with Crippen molar-refractivity contribution in [2.75, 3.05) is 27.7 Å². The van der Waals surface area contributed by atoms with E-state index < -0.39 is 0 Å². The number of benzene rings is 1. The van der Waals surface area contributed by atoms with E-state index in [1.807, 2.05) is 30.1 Å². The lowest BCUT2D eigenvalue weighted by atomic mass is 9.75. The van der Waals surface area contributed by atoms with E-state index in [0.29, 0.717) is 5.56 Å². The first-order valence-corrected chi connectivity index (χ1v) is 8.32. The van der Waals surface area contributed by atoms with E-state index in [4.69, 9.17) is 0 Å². The van der Waals surface area contributed by atoms with Crippen LogP contribution in [0.15, 0.2) is 27.1 Å². The summed E-state index contributed by atoms with van der Waals surface area (Å²) in [6.45, 7) is 0.781. The van der Waals surface area contributed by atoms with E-state index in [2.05, 4.69) is 50.9 Å². The van der Waals surface area contributed by atoms with Gasteiger partial charge in [-0.1, -0.05) is 31.9 Å². The third-order valence-electron chi connectivity index (χ3n) is 4.22. The Kier molecular flexibility index (Phi) is 4.92. The van der Waals surface area contributed by atoms with Crippen molar-refractivity contribution in [1.82, 2.24) is 9.80 Å². The third kappa shape index (κ3) is 3.26. The molecule has 2 rings (SSSR count). The molecule has 0 N–H and O–H groups in total. The summed E-state index contributed by atoms with van der Waals surface area (Å²) in [7, 11) is 6.10. The fourth-order valence-electron chi connectivity index (χ4n) is 2.74. The minimum atomic E-state index is 0.0696. The summed E-state index contributed by atoms with van der Waals surface area (Å²) < 4.78 is 1.82. The van der Waals surface area contributed by atoms with Gasteiger partial charge in [0.15, 0.2) is 0 Å². The summed E-state index contributed by atoms with van der Waals surface area (Å²) in [5.74, 6) is 0.0696. The molecule has 1 amide bonds. The molecular formula is C15H20Br2N2O. The fraction of sp³-hybridized carbons (Fsp3) is 0.533. The first-order valence-electron chi connectivity index (χ1n) is 6.73. The minimum absolute atomic E-state index is 0.0696. The third-order valence-corrected chi connectivity index (χ3v) is 5.14. The zero-order valence-electron chi connectivity index (χ0n) is 12.1. The second kappa shape index (κ2) is 6.16. The van der Waals surface area contributed by atoms with Gasteiger partial charge in [-0.25, -0.2) is 0 Å². The van der Waals surface area contributed by atoms with Gasteiger partial charge in [0.2, 0.25) is 0 Å². The van der Waals surface area contributed by atoms with Crippen LogP contribution in [0.5, 0.6) is 0 Å². The van der Waals surface area contributed by atoms with Crippen LogP contribution in [-0.4, -0.2) is 48.9 Å². The average molecular weight is 404 g/mol. The Balaban J connectivity index is 2.12. The van der Waals surface area contributed by atoms with E-state index in [0.717, 1.165) is 15.5 Å². The van der Waals surface area contributed by atoms with Gasteiger partial charge in [-0.2, -0.15) is 0 Å². The number of halogens is 2. The summed E-state index contributed by atoms with van der Waals surface area (Å²) in [6.07, 6.45) is 3.59. The molecule has 20 heavy (non-hydrogen) atoms. The largest absolute Gasteiger partial charge is 0.340 e. The zero-order valence-corrected chi connectivity index (χ0v) is 15.3. The number of hydrogen-bond acceptors (Lipinski definition) is 2. The van der Waals surface area contributed by atoms with Crippen molar-refractivity contribution in [3.63, 3.8) is 0 Å². The van der Waals surface area contributed by atoms with E-state index in [1.54, 1.807) is 0 Å². The molecule has 0 bridgehead atoms. The minimum Gasteiger partial charge on any atom is -0.340 e. The van der Waals surface area contributed by atoms with Crippen LogP contribution in [0, 0.1) is 0 Å². The predicted molar refractivity (Wildman–Crippen MR) is 89.1 cm³/mol. The van der Waals surface area contributed by atoms with Crippen molar-refractivity contribution in [1.29, 1.82) is 0 Å². The monoisotopic (exact) mass is 402 g/mol. The number of nitrogens with zero attached hydrogens (tertiary/aromatic N) is 2. The van der Waals surface area contributed by atoms with Gasteiger partial charge in [-0.15, -0.1) is 0 Å². The van der Waals surface area contributed by atoms with Crippen LogP contribution >= 0.6 is 31.9 Å². The van der Waals surface area contributed by atoms with E-state index >= 15 is 0 Å². The number of carbonyl (C=O) groups excluding carboxylic acids is 1. The number of likely N-dealkylation sites (N-methyl/N-ethyl adjacent to an activating group) is 2. The van der Waals surface area contributed by atoms with Gasteiger partial charge in [0.1, 0.15) is 0 Å². The Morgan fingerprint density at radius 2 is 1.70 bits per heavy atom. The highest BCUT2D eigenvalue weighted by Crippen LogP contribution is 2.36. The normalized spacial score (nSPS) is 16.9. The highest BCUT2D eigenvalue weighted by molar-refractivity contribution is 9.11. The molecule has 0 aromatic heterocycles. The quantitative estimate of drug-likeness (QED) is 0.763. The van der Waals surface area contributed by atoms with Gasteiger partial charge in [0.25, 0.3) is 5.91 Å². The van der Waals surface area contributed by atoms with Crippen molar-refractivity contribution in [2.24, 2.45) is 0 Å². The smallest absolute Gasteiger partial charge is 0.253 e. The molecule has 5 heteroatoms. The van der Waals surface area contributed by atoms with Crippen LogP contribution < -0.4 is 0 Å². The van der Waals surface area contributed by atoms with Crippen LogP contribution in [0.4, 0.5) is 0 Å².